The summed E-state index contributed by atoms with van der Waals surface area (Å²) in [5.74, 6) is -0.194. The van der Waals surface area contributed by atoms with Crippen LogP contribution in [0.25, 0.3) is 0 Å². The van der Waals surface area contributed by atoms with Gasteiger partial charge in [0.25, 0.3) is 0 Å². The molecule has 4 heteroatoms. The third-order valence-corrected chi connectivity index (χ3v) is 4.13. The highest BCUT2D eigenvalue weighted by atomic mass is 35.5. The number of nitrogens with one attached hydrogen (secondary N) is 1. The van der Waals surface area contributed by atoms with Gasteiger partial charge in [0.05, 0.1) is 0 Å². The van der Waals surface area contributed by atoms with E-state index >= 15 is 0 Å². The summed E-state index contributed by atoms with van der Waals surface area (Å²) in [4.78, 5) is 2.35. The van der Waals surface area contributed by atoms with Crippen molar-refractivity contribution >= 4 is 17.3 Å². The van der Waals surface area contributed by atoms with E-state index in [4.69, 9.17) is 11.6 Å². The number of nitrogens with zero attached hydrogens (tertiary/aromatic N) is 1. The Kier molecular flexibility index (Phi) is 6.87. The van der Waals surface area contributed by atoms with Crippen LogP contribution in [0, 0.1) is 5.82 Å². The van der Waals surface area contributed by atoms with Gasteiger partial charge in [-0.05, 0) is 54.4 Å². The minimum Gasteiger partial charge on any atom is -0.388 e. The number of unbranched alkanes of at least 4 members (excludes halogenated alkanes) is 1. The Bertz CT molecular complexity index is 613. The monoisotopic (exact) mass is 334 g/mol. The molecule has 0 aromatic heterocycles. The van der Waals surface area contributed by atoms with Crippen molar-refractivity contribution in [2.45, 2.75) is 32.9 Å². The molecule has 0 saturated carbocycles. The molecule has 0 aliphatic heterocycles. The molecule has 2 nitrogen and oxygen atoms in total. The predicted octanol–water partition coefficient (Wildman–Crippen LogP) is 5.32. The van der Waals surface area contributed by atoms with E-state index < -0.39 is 0 Å². The van der Waals surface area contributed by atoms with Gasteiger partial charge in [0.2, 0.25) is 0 Å². The molecular formula is C19H24ClFN2. The highest BCUT2D eigenvalue weighted by Crippen LogP contribution is 2.20. The fourth-order valence-electron chi connectivity index (χ4n) is 2.62. The van der Waals surface area contributed by atoms with Crippen molar-refractivity contribution < 1.29 is 4.39 Å². The molecule has 0 radical (unpaired) electrons. The number of anilines is 1. The second-order valence-corrected chi connectivity index (χ2v) is 6.18. The van der Waals surface area contributed by atoms with Gasteiger partial charge in [0, 0.05) is 30.8 Å². The van der Waals surface area contributed by atoms with Crippen LogP contribution >= 0.6 is 11.6 Å². The van der Waals surface area contributed by atoms with Crippen LogP contribution in [0.15, 0.2) is 42.5 Å². The zero-order chi connectivity index (χ0) is 16.7. The van der Waals surface area contributed by atoms with E-state index in [1.807, 2.05) is 31.3 Å². The lowest BCUT2D eigenvalue weighted by atomic mass is 10.1. The van der Waals surface area contributed by atoms with Crippen molar-refractivity contribution in [3.05, 3.63) is 64.4 Å². The van der Waals surface area contributed by atoms with Gasteiger partial charge in [-0.1, -0.05) is 37.1 Å². The quantitative estimate of drug-likeness (QED) is 0.702. The van der Waals surface area contributed by atoms with Gasteiger partial charge in [0.1, 0.15) is 5.82 Å². The van der Waals surface area contributed by atoms with E-state index in [9.17, 15) is 4.39 Å². The average Bonchev–Trinajstić information content (AvgIpc) is 2.55. The highest BCUT2D eigenvalue weighted by Gasteiger charge is 2.10. The molecule has 124 valence electrons. The number of benzene rings is 2. The Hall–Kier alpha value is -1.58. The fourth-order valence-corrected chi connectivity index (χ4v) is 2.75. The molecule has 0 aliphatic rings. The van der Waals surface area contributed by atoms with Crippen LogP contribution in [-0.4, -0.2) is 18.5 Å². The minimum absolute atomic E-state index is 0.194. The van der Waals surface area contributed by atoms with Crippen LogP contribution in [0.2, 0.25) is 5.02 Å². The summed E-state index contributed by atoms with van der Waals surface area (Å²) >= 11 is 5.96. The number of rotatable bonds is 8. The lowest BCUT2D eigenvalue weighted by Crippen LogP contribution is -2.24. The molecular weight excluding hydrogens is 311 g/mol. The topological polar surface area (TPSA) is 15.3 Å². The van der Waals surface area contributed by atoms with Crippen LogP contribution in [0.3, 0.4) is 0 Å². The normalized spacial score (nSPS) is 11.0. The molecule has 2 aromatic rings. The largest absolute Gasteiger partial charge is 0.388 e. The van der Waals surface area contributed by atoms with Crippen LogP contribution in [-0.2, 0) is 13.1 Å². The molecule has 0 atom stereocenters. The molecule has 23 heavy (non-hydrogen) atoms. The van der Waals surface area contributed by atoms with E-state index in [0.29, 0.717) is 0 Å². The molecule has 0 unspecified atom stereocenters. The summed E-state index contributed by atoms with van der Waals surface area (Å²) in [5.41, 5.74) is 3.18. The van der Waals surface area contributed by atoms with Crippen molar-refractivity contribution in [3.8, 4) is 0 Å². The first-order valence-corrected chi connectivity index (χ1v) is 8.43. The van der Waals surface area contributed by atoms with Crippen molar-refractivity contribution in [2.24, 2.45) is 0 Å². The molecule has 0 spiro atoms. The van der Waals surface area contributed by atoms with Crippen LogP contribution < -0.4 is 5.32 Å². The Morgan fingerprint density at radius 1 is 1.09 bits per heavy atom. The molecule has 2 aromatic carbocycles. The van der Waals surface area contributed by atoms with Crippen LogP contribution in [0.4, 0.5) is 10.1 Å². The summed E-state index contributed by atoms with van der Waals surface area (Å²) in [6.45, 7) is 4.72. The van der Waals surface area contributed by atoms with Gasteiger partial charge in [0.15, 0.2) is 0 Å². The molecule has 0 saturated heterocycles. The molecule has 0 bridgehead atoms. The summed E-state index contributed by atoms with van der Waals surface area (Å²) < 4.78 is 13.6. The molecule has 2 rings (SSSR count). The number of hydrogen-bond acceptors (Lipinski definition) is 2. The van der Waals surface area contributed by atoms with Crippen molar-refractivity contribution in [3.63, 3.8) is 0 Å². The lowest BCUT2D eigenvalue weighted by molar-refractivity contribution is 0.252. The second kappa shape index (κ2) is 8.90. The summed E-state index contributed by atoms with van der Waals surface area (Å²) in [5, 5.41) is 3.89. The third-order valence-electron chi connectivity index (χ3n) is 3.88. The SMILES string of the molecule is CCCCN(Cc1ccc(Cl)cc1)Cc1cc(F)ccc1NC. The standard InChI is InChI=1S/C19H24ClFN2/c1-3-4-11-23(13-15-5-7-17(20)8-6-15)14-16-12-18(21)9-10-19(16)22-2/h5-10,12,22H,3-4,11,13-14H2,1-2H3. The summed E-state index contributed by atoms with van der Waals surface area (Å²) in [6, 6.07) is 12.8. The smallest absolute Gasteiger partial charge is 0.123 e. The zero-order valence-electron chi connectivity index (χ0n) is 13.8. The first-order chi connectivity index (χ1) is 11.1. The van der Waals surface area contributed by atoms with E-state index in [2.05, 4.69) is 17.1 Å². The van der Waals surface area contributed by atoms with Crippen LogP contribution in [0.5, 0.6) is 0 Å². The summed E-state index contributed by atoms with van der Waals surface area (Å²) in [6.07, 6.45) is 2.26. The van der Waals surface area contributed by atoms with Crippen molar-refractivity contribution in [2.75, 3.05) is 18.9 Å². The predicted molar refractivity (Wildman–Crippen MR) is 96.4 cm³/mol. The Balaban J connectivity index is 2.14. The van der Waals surface area contributed by atoms with E-state index in [1.165, 1.54) is 11.6 Å². The Morgan fingerprint density at radius 2 is 1.83 bits per heavy atom. The highest BCUT2D eigenvalue weighted by molar-refractivity contribution is 6.30. The van der Waals surface area contributed by atoms with Gasteiger partial charge in [-0.2, -0.15) is 0 Å². The Labute approximate surface area is 143 Å². The number of halogens is 2. The third kappa shape index (κ3) is 5.52. The van der Waals surface area contributed by atoms with E-state index in [-0.39, 0.29) is 5.82 Å². The maximum atomic E-state index is 13.6. The van der Waals surface area contributed by atoms with Gasteiger partial charge in [-0.25, -0.2) is 4.39 Å². The van der Waals surface area contributed by atoms with Crippen molar-refractivity contribution in [1.29, 1.82) is 0 Å². The molecule has 0 heterocycles. The molecule has 0 aliphatic carbocycles. The lowest BCUT2D eigenvalue weighted by Gasteiger charge is -2.24. The molecule has 0 amide bonds. The maximum Gasteiger partial charge on any atom is 0.123 e. The summed E-state index contributed by atoms with van der Waals surface area (Å²) in [7, 11) is 1.87. The number of hydrogen-bond donors (Lipinski definition) is 1. The second-order valence-electron chi connectivity index (χ2n) is 5.74. The van der Waals surface area contributed by atoms with Gasteiger partial charge >= 0.3 is 0 Å². The Morgan fingerprint density at radius 3 is 2.48 bits per heavy atom. The van der Waals surface area contributed by atoms with Crippen LogP contribution in [0.1, 0.15) is 30.9 Å². The van der Waals surface area contributed by atoms with Gasteiger partial charge in [-0.3, -0.25) is 4.90 Å². The first-order valence-electron chi connectivity index (χ1n) is 8.05. The van der Waals surface area contributed by atoms with Gasteiger partial charge < -0.3 is 5.32 Å². The first kappa shape index (κ1) is 17.8. The van der Waals surface area contributed by atoms with Gasteiger partial charge in [-0.15, -0.1) is 0 Å². The molecule has 1 N–H and O–H groups in total. The zero-order valence-corrected chi connectivity index (χ0v) is 14.5. The molecule has 0 fully saturated rings. The van der Waals surface area contributed by atoms with Crippen molar-refractivity contribution in [1.82, 2.24) is 4.90 Å². The fraction of sp³-hybridized carbons (Fsp3) is 0.368. The minimum atomic E-state index is -0.194. The average molecular weight is 335 g/mol. The van der Waals surface area contributed by atoms with E-state index in [1.54, 1.807) is 12.1 Å². The van der Waals surface area contributed by atoms with E-state index in [0.717, 1.165) is 48.7 Å². The maximum absolute atomic E-state index is 13.6.